The first-order valence-electron chi connectivity index (χ1n) is 6.55. The van der Waals surface area contributed by atoms with Crippen LogP contribution in [0.15, 0.2) is 24.3 Å². The largest absolute Gasteiger partial charge is 0.462 e. The van der Waals surface area contributed by atoms with Gasteiger partial charge in [0.05, 0.1) is 0 Å². The Balaban J connectivity index is 3.14. The van der Waals surface area contributed by atoms with Crippen LogP contribution in [0.1, 0.15) is 5.56 Å². The molecule has 0 saturated carbocycles. The predicted octanol–water partition coefficient (Wildman–Crippen LogP) is 4.90. The molecule has 0 aliphatic carbocycles. The summed E-state index contributed by atoms with van der Waals surface area (Å²) in [5.41, 5.74) is -0.313. The Morgan fingerprint density at radius 1 is 0.786 bits per heavy atom. The van der Waals surface area contributed by atoms with Gasteiger partial charge in [-0.05, 0) is 17.7 Å². The molecule has 0 aromatic heterocycles. The summed E-state index contributed by atoms with van der Waals surface area (Å²) in [6.45, 7) is -1.31. The SMILES string of the molecule is O=C(OCc1ccc(F)cc1)C(F)(OC(F)(F)C(F)(F)C(F)(F)F)C(F)(F)F. The number of rotatable bonds is 6. The molecule has 1 aromatic carbocycles. The molecule has 0 aliphatic rings. The fourth-order valence-electron chi connectivity index (χ4n) is 1.44. The molecular formula is C13H6F12O3. The first kappa shape index (κ1) is 23.8. The van der Waals surface area contributed by atoms with Gasteiger partial charge in [-0.2, -0.15) is 48.3 Å². The summed E-state index contributed by atoms with van der Waals surface area (Å²) >= 11 is 0. The molecule has 1 rings (SSSR count). The molecule has 0 radical (unpaired) electrons. The third-order valence-corrected chi connectivity index (χ3v) is 2.90. The van der Waals surface area contributed by atoms with Gasteiger partial charge >= 0.3 is 36.2 Å². The molecule has 1 atom stereocenters. The highest BCUT2D eigenvalue weighted by atomic mass is 19.4. The molecular weight excluding hydrogens is 432 g/mol. The van der Waals surface area contributed by atoms with Crippen LogP contribution in [0.3, 0.4) is 0 Å². The number of hydrogen-bond donors (Lipinski definition) is 0. The third-order valence-electron chi connectivity index (χ3n) is 2.90. The Kier molecular flexibility index (Phi) is 6.24. The van der Waals surface area contributed by atoms with Crippen LogP contribution in [0, 0.1) is 5.82 Å². The molecule has 1 aromatic rings. The van der Waals surface area contributed by atoms with Crippen LogP contribution in [0.4, 0.5) is 52.7 Å². The smallest absolute Gasteiger partial charge is 0.456 e. The van der Waals surface area contributed by atoms with Crippen LogP contribution in [0.2, 0.25) is 0 Å². The maximum atomic E-state index is 13.8. The summed E-state index contributed by atoms with van der Waals surface area (Å²) in [5, 5.41) is 0. The lowest BCUT2D eigenvalue weighted by Gasteiger charge is -2.33. The van der Waals surface area contributed by atoms with E-state index in [1.54, 1.807) is 0 Å². The van der Waals surface area contributed by atoms with Crippen LogP contribution < -0.4 is 0 Å². The van der Waals surface area contributed by atoms with Crippen molar-refractivity contribution >= 4 is 5.97 Å². The number of halogens is 12. The number of benzene rings is 1. The lowest BCUT2D eigenvalue weighted by atomic mass is 10.2. The Bertz CT molecular complexity index is 694. The Morgan fingerprint density at radius 2 is 1.25 bits per heavy atom. The lowest BCUT2D eigenvalue weighted by Crippen LogP contribution is -2.61. The number of esters is 1. The fraction of sp³-hybridized carbons (Fsp3) is 0.462. The molecule has 160 valence electrons. The van der Waals surface area contributed by atoms with Gasteiger partial charge in [0.15, 0.2) is 0 Å². The van der Waals surface area contributed by atoms with E-state index in [1.165, 1.54) is 0 Å². The normalized spacial score (nSPS) is 15.9. The molecule has 0 fully saturated rings. The summed E-state index contributed by atoms with van der Waals surface area (Å²) in [4.78, 5) is 11.2. The van der Waals surface area contributed by atoms with E-state index in [0.717, 1.165) is 12.1 Å². The maximum Gasteiger partial charge on any atom is 0.462 e. The standard InChI is InChI=1S/C13H6F12O3/c14-7-3-1-6(2-4-7)5-27-8(26)9(15,11(18,19)20)28-13(24,25)10(16,17)12(21,22)23/h1-4H,5H2. The topological polar surface area (TPSA) is 35.5 Å². The van der Waals surface area contributed by atoms with Crippen LogP contribution in [0.25, 0.3) is 0 Å². The summed E-state index contributed by atoms with van der Waals surface area (Å²) in [6.07, 6.45) is -21.1. The monoisotopic (exact) mass is 438 g/mol. The van der Waals surface area contributed by atoms with Gasteiger partial charge in [0.2, 0.25) is 0 Å². The van der Waals surface area contributed by atoms with Crippen molar-refractivity contribution < 1.29 is 67.0 Å². The van der Waals surface area contributed by atoms with E-state index in [4.69, 9.17) is 0 Å². The van der Waals surface area contributed by atoms with Crippen molar-refractivity contribution in [3.8, 4) is 0 Å². The zero-order valence-corrected chi connectivity index (χ0v) is 12.8. The predicted molar refractivity (Wildman–Crippen MR) is 63.1 cm³/mol. The molecule has 0 amide bonds. The molecule has 0 aliphatic heterocycles. The van der Waals surface area contributed by atoms with Crippen LogP contribution in [-0.2, 0) is 20.9 Å². The van der Waals surface area contributed by atoms with E-state index in [1.807, 2.05) is 4.74 Å². The van der Waals surface area contributed by atoms with Gasteiger partial charge in [-0.1, -0.05) is 12.1 Å². The van der Waals surface area contributed by atoms with Gasteiger partial charge in [-0.3, -0.25) is 4.74 Å². The number of ether oxygens (including phenoxy) is 2. The summed E-state index contributed by atoms with van der Waals surface area (Å²) in [5.74, 6) is -17.9. The van der Waals surface area contributed by atoms with Crippen molar-refractivity contribution in [3.05, 3.63) is 35.6 Å². The zero-order valence-electron chi connectivity index (χ0n) is 12.8. The van der Waals surface area contributed by atoms with Crippen molar-refractivity contribution in [2.75, 3.05) is 0 Å². The van der Waals surface area contributed by atoms with Crippen molar-refractivity contribution in [3.63, 3.8) is 0 Å². The summed E-state index contributed by atoms with van der Waals surface area (Å²) in [7, 11) is 0. The van der Waals surface area contributed by atoms with Crippen molar-refractivity contribution in [2.45, 2.75) is 36.8 Å². The number of carbonyl (C=O) groups is 1. The minimum Gasteiger partial charge on any atom is -0.456 e. The second-order valence-corrected chi connectivity index (χ2v) is 4.99. The fourth-order valence-corrected chi connectivity index (χ4v) is 1.44. The minimum absolute atomic E-state index is 0.313. The molecule has 28 heavy (non-hydrogen) atoms. The van der Waals surface area contributed by atoms with E-state index in [9.17, 15) is 57.5 Å². The van der Waals surface area contributed by atoms with E-state index < -0.39 is 48.6 Å². The number of alkyl halides is 11. The quantitative estimate of drug-likeness (QED) is 0.468. The molecule has 0 spiro atoms. The highest BCUT2D eigenvalue weighted by molar-refractivity contribution is 5.78. The van der Waals surface area contributed by atoms with Crippen molar-refractivity contribution in [2.24, 2.45) is 0 Å². The molecule has 1 unspecified atom stereocenters. The van der Waals surface area contributed by atoms with E-state index >= 15 is 0 Å². The molecule has 0 heterocycles. The number of hydrogen-bond acceptors (Lipinski definition) is 3. The maximum absolute atomic E-state index is 13.8. The van der Waals surface area contributed by atoms with Crippen LogP contribution >= 0.6 is 0 Å². The summed E-state index contributed by atoms with van der Waals surface area (Å²) in [6, 6.07) is 2.99. The van der Waals surface area contributed by atoms with E-state index in [0.29, 0.717) is 12.1 Å². The van der Waals surface area contributed by atoms with Crippen molar-refractivity contribution in [1.82, 2.24) is 0 Å². The van der Waals surface area contributed by atoms with Gasteiger partial charge < -0.3 is 4.74 Å². The highest BCUT2D eigenvalue weighted by Gasteiger charge is 2.80. The Morgan fingerprint density at radius 3 is 1.64 bits per heavy atom. The molecule has 0 N–H and O–H groups in total. The molecule has 3 nitrogen and oxygen atoms in total. The zero-order chi connectivity index (χ0) is 22.2. The Labute approximate surface area is 146 Å². The molecule has 0 bridgehead atoms. The lowest BCUT2D eigenvalue weighted by molar-refractivity contribution is -0.475. The second-order valence-electron chi connectivity index (χ2n) is 4.99. The minimum atomic E-state index is -7.29. The van der Waals surface area contributed by atoms with Crippen LogP contribution in [0.5, 0.6) is 0 Å². The van der Waals surface area contributed by atoms with Gasteiger partial charge in [0.25, 0.3) is 0 Å². The highest BCUT2D eigenvalue weighted by Crippen LogP contribution is 2.51. The van der Waals surface area contributed by atoms with Gasteiger partial charge in [0, 0.05) is 0 Å². The summed E-state index contributed by atoms with van der Waals surface area (Å²) < 4.78 is 157. The average molecular weight is 438 g/mol. The van der Waals surface area contributed by atoms with Gasteiger partial charge in [0.1, 0.15) is 12.4 Å². The Hall–Kier alpha value is -2.19. The number of carbonyl (C=O) groups excluding carboxylic acids is 1. The van der Waals surface area contributed by atoms with E-state index in [2.05, 4.69) is 4.74 Å². The first-order chi connectivity index (χ1) is 12.3. The molecule has 15 heteroatoms. The second kappa shape index (κ2) is 7.33. The average Bonchev–Trinajstić information content (AvgIpc) is 2.51. The van der Waals surface area contributed by atoms with Crippen LogP contribution in [-0.4, -0.2) is 36.2 Å². The third kappa shape index (κ3) is 4.62. The first-order valence-corrected chi connectivity index (χ1v) is 6.55. The van der Waals surface area contributed by atoms with Crippen molar-refractivity contribution in [1.29, 1.82) is 0 Å². The van der Waals surface area contributed by atoms with Gasteiger partial charge in [-0.25, -0.2) is 9.18 Å². The molecule has 0 saturated heterocycles. The van der Waals surface area contributed by atoms with E-state index in [-0.39, 0.29) is 5.56 Å². The van der Waals surface area contributed by atoms with Gasteiger partial charge in [-0.15, -0.1) is 0 Å².